The summed E-state index contributed by atoms with van der Waals surface area (Å²) in [6.07, 6.45) is 0. The molecule has 0 bridgehead atoms. The number of fused-ring (bicyclic) bond motifs is 1. The molecule has 0 saturated carbocycles. The van der Waals surface area contributed by atoms with Crippen molar-refractivity contribution in [1.82, 2.24) is 20.2 Å². The summed E-state index contributed by atoms with van der Waals surface area (Å²) in [6.45, 7) is 2.18. The first-order valence-electron chi connectivity index (χ1n) is 5.93. The molecule has 6 nitrogen and oxygen atoms in total. The Bertz CT molecular complexity index is 802. The van der Waals surface area contributed by atoms with E-state index in [4.69, 9.17) is 5.73 Å². The van der Waals surface area contributed by atoms with E-state index in [1.165, 1.54) is 6.07 Å². The van der Waals surface area contributed by atoms with Gasteiger partial charge in [0.1, 0.15) is 5.82 Å². The number of imidazole rings is 1. The van der Waals surface area contributed by atoms with Crippen molar-refractivity contribution in [3.63, 3.8) is 0 Å². The predicted octanol–water partition coefficient (Wildman–Crippen LogP) is 1.08. The summed E-state index contributed by atoms with van der Waals surface area (Å²) in [5.74, 6) is 0.862. The number of hydrogen-bond donors (Lipinski definition) is 3. The van der Waals surface area contributed by atoms with Crippen LogP contribution in [0.5, 0.6) is 0 Å². The molecule has 0 atom stereocenters. The van der Waals surface area contributed by atoms with Gasteiger partial charge in [-0.05, 0) is 24.6 Å². The highest BCUT2D eigenvalue weighted by Crippen LogP contribution is 2.23. The average molecular weight is 255 g/mol. The van der Waals surface area contributed by atoms with Crippen LogP contribution in [0.2, 0.25) is 0 Å². The van der Waals surface area contributed by atoms with Gasteiger partial charge in [-0.3, -0.25) is 4.79 Å². The highest BCUT2D eigenvalue weighted by atomic mass is 16.1. The van der Waals surface area contributed by atoms with E-state index in [0.29, 0.717) is 5.69 Å². The second kappa shape index (κ2) is 4.33. The minimum Gasteiger partial charge on any atom is -0.342 e. The van der Waals surface area contributed by atoms with Crippen LogP contribution < -0.4 is 11.3 Å². The molecule has 0 amide bonds. The number of nitrogens with one attached hydrogen (secondary N) is 2. The average Bonchev–Trinajstić information content (AvgIpc) is 2.77. The summed E-state index contributed by atoms with van der Waals surface area (Å²) in [6, 6.07) is 7.27. The topological polar surface area (TPSA) is 100 Å². The maximum Gasteiger partial charge on any atom is 0.264 e. The number of aromatic amines is 2. The molecule has 2 heterocycles. The van der Waals surface area contributed by atoms with E-state index in [0.717, 1.165) is 28.0 Å². The second-order valence-electron chi connectivity index (χ2n) is 4.36. The number of hydrogen-bond acceptors (Lipinski definition) is 4. The van der Waals surface area contributed by atoms with Gasteiger partial charge < -0.3 is 10.7 Å². The minimum absolute atomic E-state index is 0.248. The van der Waals surface area contributed by atoms with Crippen LogP contribution in [-0.4, -0.2) is 20.2 Å². The Balaban J connectivity index is 2.20. The van der Waals surface area contributed by atoms with Crippen LogP contribution in [0.3, 0.4) is 0 Å². The third-order valence-electron chi connectivity index (χ3n) is 2.98. The van der Waals surface area contributed by atoms with Gasteiger partial charge in [-0.15, -0.1) is 0 Å². The Morgan fingerprint density at radius 1 is 1.32 bits per heavy atom. The Kier molecular flexibility index (Phi) is 2.64. The van der Waals surface area contributed by atoms with Crippen molar-refractivity contribution in [3.8, 4) is 11.3 Å². The summed E-state index contributed by atoms with van der Waals surface area (Å²) in [5.41, 5.74) is 9.56. The molecule has 3 rings (SSSR count). The predicted molar refractivity (Wildman–Crippen MR) is 72.6 cm³/mol. The first-order chi connectivity index (χ1) is 9.17. The van der Waals surface area contributed by atoms with Crippen LogP contribution in [0.25, 0.3) is 22.3 Å². The molecule has 0 spiro atoms. The summed E-state index contributed by atoms with van der Waals surface area (Å²) in [5, 5.41) is 6.52. The zero-order chi connectivity index (χ0) is 13.4. The van der Waals surface area contributed by atoms with Crippen LogP contribution in [0, 0.1) is 6.92 Å². The van der Waals surface area contributed by atoms with Crippen molar-refractivity contribution in [2.75, 3.05) is 0 Å². The van der Waals surface area contributed by atoms with Gasteiger partial charge in [0, 0.05) is 18.2 Å². The summed E-state index contributed by atoms with van der Waals surface area (Å²) < 4.78 is 0. The van der Waals surface area contributed by atoms with Gasteiger partial charge in [-0.2, -0.15) is 5.10 Å². The minimum atomic E-state index is -0.248. The molecule has 0 fully saturated rings. The van der Waals surface area contributed by atoms with Crippen LogP contribution >= 0.6 is 0 Å². The van der Waals surface area contributed by atoms with E-state index in [2.05, 4.69) is 20.2 Å². The maximum atomic E-state index is 11.3. The van der Waals surface area contributed by atoms with Crippen molar-refractivity contribution in [2.45, 2.75) is 13.5 Å². The number of benzene rings is 1. The fourth-order valence-electron chi connectivity index (χ4n) is 2.13. The Hall–Kier alpha value is -2.47. The number of aryl methyl sites for hydroxylation is 1. The van der Waals surface area contributed by atoms with E-state index in [1.807, 2.05) is 25.1 Å². The highest BCUT2D eigenvalue weighted by molar-refractivity contribution is 5.81. The third kappa shape index (κ3) is 2.02. The van der Waals surface area contributed by atoms with Gasteiger partial charge in [-0.25, -0.2) is 10.1 Å². The summed E-state index contributed by atoms with van der Waals surface area (Å²) in [4.78, 5) is 18.8. The van der Waals surface area contributed by atoms with E-state index in [9.17, 15) is 4.79 Å². The standard InChI is InChI=1S/C13H13N5O/c1-7-15-10-3-2-8(4-11(10)16-7)13-9(6-14)5-12(19)17-18-13/h2-5H,6,14H2,1H3,(H,15,16)(H,17,19). The lowest BCUT2D eigenvalue weighted by Crippen LogP contribution is -2.12. The zero-order valence-electron chi connectivity index (χ0n) is 10.4. The third-order valence-corrected chi connectivity index (χ3v) is 2.98. The maximum absolute atomic E-state index is 11.3. The molecule has 0 saturated heterocycles. The van der Waals surface area contributed by atoms with Gasteiger partial charge in [0.05, 0.1) is 16.7 Å². The molecular formula is C13H13N5O. The summed E-state index contributed by atoms with van der Waals surface area (Å²) >= 11 is 0. The Morgan fingerprint density at radius 2 is 2.16 bits per heavy atom. The van der Waals surface area contributed by atoms with Crippen LogP contribution in [-0.2, 0) is 6.54 Å². The fraction of sp³-hybridized carbons (Fsp3) is 0.154. The smallest absolute Gasteiger partial charge is 0.264 e. The Morgan fingerprint density at radius 3 is 2.95 bits per heavy atom. The lowest BCUT2D eigenvalue weighted by atomic mass is 10.1. The molecule has 19 heavy (non-hydrogen) atoms. The highest BCUT2D eigenvalue weighted by Gasteiger charge is 2.09. The van der Waals surface area contributed by atoms with E-state index in [-0.39, 0.29) is 12.1 Å². The van der Waals surface area contributed by atoms with Gasteiger partial charge >= 0.3 is 0 Å². The van der Waals surface area contributed by atoms with Gasteiger partial charge in [0.2, 0.25) is 0 Å². The molecule has 3 aromatic rings. The molecule has 2 aromatic heterocycles. The number of H-pyrrole nitrogens is 2. The Labute approximate surface area is 108 Å². The van der Waals surface area contributed by atoms with Crippen molar-refractivity contribution >= 4 is 11.0 Å². The van der Waals surface area contributed by atoms with Crippen LogP contribution in [0.15, 0.2) is 29.1 Å². The molecule has 0 aliphatic heterocycles. The molecule has 6 heteroatoms. The number of nitrogens with two attached hydrogens (primary N) is 1. The lowest BCUT2D eigenvalue weighted by molar-refractivity contribution is 0.945. The molecule has 0 unspecified atom stereocenters. The van der Waals surface area contributed by atoms with Gasteiger partial charge in [-0.1, -0.05) is 6.07 Å². The fourth-order valence-corrected chi connectivity index (χ4v) is 2.13. The van der Waals surface area contributed by atoms with Crippen LogP contribution in [0.1, 0.15) is 11.4 Å². The first-order valence-corrected chi connectivity index (χ1v) is 5.93. The number of aromatic nitrogens is 4. The molecule has 96 valence electrons. The molecule has 0 radical (unpaired) electrons. The SMILES string of the molecule is Cc1nc2ccc(-c3n[nH]c(=O)cc3CN)cc2[nH]1. The lowest BCUT2D eigenvalue weighted by Gasteiger charge is -2.05. The molecule has 1 aromatic carbocycles. The van der Waals surface area contributed by atoms with E-state index in [1.54, 1.807) is 0 Å². The van der Waals surface area contributed by atoms with Gasteiger partial charge in [0.15, 0.2) is 0 Å². The summed E-state index contributed by atoms with van der Waals surface area (Å²) in [7, 11) is 0. The molecule has 0 aliphatic carbocycles. The van der Waals surface area contributed by atoms with E-state index < -0.39 is 0 Å². The molecular weight excluding hydrogens is 242 g/mol. The van der Waals surface area contributed by atoms with E-state index >= 15 is 0 Å². The second-order valence-corrected chi connectivity index (χ2v) is 4.36. The number of rotatable bonds is 2. The first kappa shape index (κ1) is 11.6. The van der Waals surface area contributed by atoms with Crippen molar-refractivity contribution in [2.24, 2.45) is 5.73 Å². The van der Waals surface area contributed by atoms with Gasteiger partial charge in [0.25, 0.3) is 5.56 Å². The zero-order valence-corrected chi connectivity index (χ0v) is 10.4. The molecule has 4 N–H and O–H groups in total. The van der Waals surface area contributed by atoms with Crippen molar-refractivity contribution in [1.29, 1.82) is 0 Å². The van der Waals surface area contributed by atoms with Crippen molar-refractivity contribution < 1.29 is 0 Å². The monoisotopic (exact) mass is 255 g/mol. The quantitative estimate of drug-likeness (QED) is 0.637. The normalized spacial score (nSPS) is 11.1. The largest absolute Gasteiger partial charge is 0.342 e. The number of nitrogens with zero attached hydrogens (tertiary/aromatic N) is 2. The van der Waals surface area contributed by atoms with Crippen molar-refractivity contribution in [3.05, 3.63) is 46.0 Å². The van der Waals surface area contributed by atoms with Crippen LogP contribution in [0.4, 0.5) is 0 Å². The molecule has 0 aliphatic rings.